The number of carbonyl (C=O) groups excluding carboxylic acids is 1. The van der Waals surface area contributed by atoms with E-state index >= 15 is 0 Å². The fourth-order valence-corrected chi connectivity index (χ4v) is 5.66. The van der Waals surface area contributed by atoms with Crippen molar-refractivity contribution < 1.29 is 23.7 Å². The van der Waals surface area contributed by atoms with Crippen molar-refractivity contribution in [1.29, 1.82) is 0 Å². The van der Waals surface area contributed by atoms with Gasteiger partial charge in [-0.3, -0.25) is 9.69 Å². The Kier molecular flexibility index (Phi) is 5.66. The molecule has 2 aliphatic rings. The van der Waals surface area contributed by atoms with Crippen molar-refractivity contribution in [3.05, 3.63) is 42.0 Å². The molecule has 2 saturated heterocycles. The van der Waals surface area contributed by atoms with Gasteiger partial charge in [0, 0.05) is 5.75 Å². The summed E-state index contributed by atoms with van der Waals surface area (Å²) in [7, 11) is 6.35. The second kappa shape index (κ2) is 8.23. The van der Waals surface area contributed by atoms with Crippen LogP contribution in [0.3, 0.4) is 0 Å². The number of fused-ring (bicyclic) bond motifs is 1. The van der Waals surface area contributed by atoms with Crippen LogP contribution < -0.4 is 23.8 Å². The maximum Gasteiger partial charge on any atom is 0.257 e. The van der Waals surface area contributed by atoms with Crippen LogP contribution in [0.4, 0.5) is 5.69 Å². The second-order valence-corrected chi connectivity index (χ2v) is 8.20. The van der Waals surface area contributed by atoms with E-state index < -0.39 is 0 Å². The van der Waals surface area contributed by atoms with Gasteiger partial charge >= 0.3 is 0 Å². The van der Waals surface area contributed by atoms with Crippen LogP contribution in [-0.2, 0) is 4.79 Å². The van der Waals surface area contributed by atoms with Crippen LogP contribution in [-0.4, -0.2) is 56.2 Å². The predicted octanol–water partition coefficient (Wildman–Crippen LogP) is 3.47. The van der Waals surface area contributed by atoms with Crippen LogP contribution in [0.1, 0.15) is 10.9 Å². The highest BCUT2D eigenvalue weighted by molar-refractivity contribution is 7.99. The minimum absolute atomic E-state index is 0.0207. The maximum absolute atomic E-state index is 13.2. The molecule has 4 rings (SSSR count). The first kappa shape index (κ1) is 20.6. The molecule has 30 heavy (non-hydrogen) atoms. The Bertz CT molecular complexity index is 957. The summed E-state index contributed by atoms with van der Waals surface area (Å²) in [4.78, 5) is 16.8. The van der Waals surface area contributed by atoms with Crippen molar-refractivity contribution in [2.45, 2.75) is 11.4 Å². The normalized spacial score (nSPS) is 20.4. The topological polar surface area (TPSA) is 60.5 Å². The summed E-state index contributed by atoms with van der Waals surface area (Å²) in [6.45, 7) is 0. The van der Waals surface area contributed by atoms with Crippen LogP contribution in [0.25, 0.3) is 0 Å². The van der Waals surface area contributed by atoms with Crippen LogP contribution in [0.2, 0.25) is 0 Å². The number of nitrogens with zero attached hydrogens (tertiary/aromatic N) is 2. The molecule has 2 atom stereocenters. The Morgan fingerprint density at radius 1 is 0.967 bits per heavy atom. The molecule has 0 aliphatic carbocycles. The molecule has 2 aliphatic heterocycles. The van der Waals surface area contributed by atoms with Crippen molar-refractivity contribution in [3.8, 4) is 23.0 Å². The number of anilines is 1. The number of hydrogen-bond acceptors (Lipinski definition) is 7. The van der Waals surface area contributed by atoms with Gasteiger partial charge in [-0.25, -0.2) is 0 Å². The van der Waals surface area contributed by atoms with E-state index in [1.165, 1.54) is 0 Å². The molecule has 2 fully saturated rings. The number of thiocarbonyl (C=S) groups is 1. The number of ether oxygens (including phenoxy) is 4. The summed E-state index contributed by atoms with van der Waals surface area (Å²) in [5.41, 5.74) is 1.66. The Balaban J connectivity index is 1.69. The van der Waals surface area contributed by atoms with Crippen molar-refractivity contribution >= 4 is 40.7 Å². The zero-order chi connectivity index (χ0) is 21.4. The van der Waals surface area contributed by atoms with Gasteiger partial charge in [0.2, 0.25) is 5.75 Å². The molecule has 1 amide bonds. The fourth-order valence-electron chi connectivity index (χ4n) is 3.76. The largest absolute Gasteiger partial charge is 0.497 e. The lowest BCUT2D eigenvalue weighted by atomic mass is 10.1. The van der Waals surface area contributed by atoms with Crippen molar-refractivity contribution in [1.82, 2.24) is 4.90 Å². The van der Waals surface area contributed by atoms with Gasteiger partial charge in [0.1, 0.15) is 17.2 Å². The number of thioether (sulfide) groups is 1. The molecular formula is C21H22N2O5S2. The smallest absolute Gasteiger partial charge is 0.257 e. The van der Waals surface area contributed by atoms with E-state index in [0.717, 1.165) is 17.0 Å². The van der Waals surface area contributed by atoms with E-state index in [-0.39, 0.29) is 17.3 Å². The number of methoxy groups -OCH3 is 4. The van der Waals surface area contributed by atoms with Crippen LogP contribution in [0.15, 0.2) is 36.4 Å². The van der Waals surface area contributed by atoms with Gasteiger partial charge in [-0.05, 0) is 54.2 Å². The van der Waals surface area contributed by atoms with Gasteiger partial charge in [0.25, 0.3) is 5.91 Å². The first-order valence-corrected chi connectivity index (χ1v) is 10.7. The molecule has 0 bridgehead atoms. The molecular weight excluding hydrogens is 424 g/mol. The molecule has 2 heterocycles. The molecule has 0 spiro atoms. The van der Waals surface area contributed by atoms with E-state index in [2.05, 4.69) is 0 Å². The fraction of sp³-hybridized carbons (Fsp3) is 0.333. The molecule has 0 saturated carbocycles. The molecule has 158 valence electrons. The van der Waals surface area contributed by atoms with Crippen LogP contribution in [0, 0.1) is 0 Å². The molecule has 0 N–H and O–H groups in total. The van der Waals surface area contributed by atoms with Gasteiger partial charge in [-0.2, -0.15) is 0 Å². The maximum atomic E-state index is 13.2. The first-order valence-electron chi connectivity index (χ1n) is 9.25. The molecule has 9 heteroatoms. The highest BCUT2D eigenvalue weighted by Gasteiger charge is 2.51. The lowest BCUT2D eigenvalue weighted by Gasteiger charge is -2.26. The molecule has 2 aromatic carbocycles. The Morgan fingerprint density at radius 3 is 2.13 bits per heavy atom. The summed E-state index contributed by atoms with van der Waals surface area (Å²) in [6.07, 6.45) is 0. The average Bonchev–Trinajstić information content (AvgIpc) is 3.32. The second-order valence-electron chi connectivity index (χ2n) is 6.72. The summed E-state index contributed by atoms with van der Waals surface area (Å²) in [6, 6.07) is 10.8. The lowest BCUT2D eigenvalue weighted by molar-refractivity contribution is -0.119. The van der Waals surface area contributed by atoms with Crippen LogP contribution >= 0.6 is 24.0 Å². The zero-order valence-corrected chi connectivity index (χ0v) is 18.7. The van der Waals surface area contributed by atoms with E-state index in [1.807, 2.05) is 41.3 Å². The van der Waals surface area contributed by atoms with Crippen molar-refractivity contribution in [2.24, 2.45) is 0 Å². The highest BCUT2D eigenvalue weighted by atomic mass is 32.2. The Labute approximate surface area is 184 Å². The number of carbonyl (C=O) groups is 1. The van der Waals surface area contributed by atoms with Crippen LogP contribution in [0.5, 0.6) is 23.0 Å². The predicted molar refractivity (Wildman–Crippen MR) is 120 cm³/mol. The van der Waals surface area contributed by atoms with E-state index in [9.17, 15) is 4.79 Å². The Morgan fingerprint density at radius 2 is 1.60 bits per heavy atom. The third kappa shape index (κ3) is 3.22. The standard InChI is InChI=1S/C21H22N2O5S2/c1-25-14-7-5-13(6-8-14)22-19(24)15-11-30-20(23(15)21(22)29)12-9-16(26-2)18(28-4)17(10-12)27-3/h5-10,15,20H,11H2,1-4H3/t15-,20-/m0/s1. The molecule has 7 nitrogen and oxygen atoms in total. The monoisotopic (exact) mass is 446 g/mol. The van der Waals surface area contributed by atoms with Gasteiger partial charge in [-0.1, -0.05) is 0 Å². The molecule has 0 unspecified atom stereocenters. The molecule has 2 aromatic rings. The zero-order valence-electron chi connectivity index (χ0n) is 17.1. The van der Waals surface area contributed by atoms with Crippen molar-refractivity contribution in [2.75, 3.05) is 39.1 Å². The molecule has 0 radical (unpaired) electrons. The summed E-state index contributed by atoms with van der Waals surface area (Å²) < 4.78 is 21.6. The summed E-state index contributed by atoms with van der Waals surface area (Å²) >= 11 is 7.41. The summed E-state index contributed by atoms with van der Waals surface area (Å²) in [5, 5.41) is 0.349. The number of rotatable bonds is 6. The third-order valence-electron chi connectivity index (χ3n) is 5.22. The quantitative estimate of drug-likeness (QED) is 0.626. The minimum Gasteiger partial charge on any atom is -0.497 e. The average molecular weight is 447 g/mol. The first-order chi connectivity index (χ1) is 14.5. The number of hydrogen-bond donors (Lipinski definition) is 0. The minimum atomic E-state index is -0.311. The van der Waals surface area contributed by atoms with E-state index in [1.54, 1.807) is 45.1 Å². The van der Waals surface area contributed by atoms with Gasteiger partial charge in [-0.15, -0.1) is 11.8 Å². The van der Waals surface area contributed by atoms with E-state index in [0.29, 0.717) is 28.1 Å². The van der Waals surface area contributed by atoms with E-state index in [4.69, 9.17) is 31.2 Å². The summed E-state index contributed by atoms with van der Waals surface area (Å²) in [5.74, 6) is 3.02. The number of benzene rings is 2. The van der Waals surface area contributed by atoms with Gasteiger partial charge in [0.15, 0.2) is 16.6 Å². The third-order valence-corrected chi connectivity index (χ3v) is 6.94. The Hall–Kier alpha value is -2.65. The van der Waals surface area contributed by atoms with Crippen molar-refractivity contribution in [3.63, 3.8) is 0 Å². The van der Waals surface area contributed by atoms with Gasteiger partial charge < -0.3 is 23.8 Å². The SMILES string of the molecule is COc1ccc(N2C(=O)[C@@H]3CS[C@@H](c4cc(OC)c(OC)c(OC)c4)N3C2=S)cc1. The lowest BCUT2D eigenvalue weighted by Crippen LogP contribution is -2.33. The number of amides is 1. The van der Waals surface area contributed by atoms with Gasteiger partial charge in [0.05, 0.1) is 34.1 Å². The highest BCUT2D eigenvalue weighted by Crippen LogP contribution is 2.49. The molecule has 0 aromatic heterocycles.